The maximum Gasteiger partial charge on any atom is 0.252 e. The first-order chi connectivity index (χ1) is 7.54. The Morgan fingerprint density at radius 1 is 1.56 bits per heavy atom. The van der Waals surface area contributed by atoms with Gasteiger partial charge in [-0.2, -0.15) is 0 Å². The Morgan fingerprint density at radius 3 is 2.81 bits per heavy atom. The van der Waals surface area contributed by atoms with Crippen molar-refractivity contribution in [2.75, 3.05) is 13.6 Å². The molecule has 0 bridgehead atoms. The van der Waals surface area contributed by atoms with Gasteiger partial charge in [-0.15, -0.1) is 0 Å². The monoisotopic (exact) mass is 222 g/mol. The zero-order valence-electron chi connectivity index (χ0n) is 9.91. The lowest BCUT2D eigenvalue weighted by Gasteiger charge is -2.16. The summed E-state index contributed by atoms with van der Waals surface area (Å²) in [5, 5.41) is 3.01. The Balaban J connectivity index is 2.92. The number of likely N-dealkylation sites (N-methyl/N-ethyl adjacent to an activating group) is 1. The Kier molecular flexibility index (Phi) is 4.31. The zero-order chi connectivity index (χ0) is 12.1. The lowest BCUT2D eigenvalue weighted by Crippen LogP contribution is -2.27. The van der Waals surface area contributed by atoms with Crippen LogP contribution in [0.1, 0.15) is 22.8 Å². The summed E-state index contributed by atoms with van der Waals surface area (Å²) in [5.74, 6) is 0.0851. The first-order valence-corrected chi connectivity index (χ1v) is 5.26. The summed E-state index contributed by atoms with van der Waals surface area (Å²) < 4.78 is 5.66. The standard InChI is InChI=1S/C12H18N2O2/c1-8-4-5-10(12(13)15)11(6-8)16-9(2)7-14-3/h4-6,9,14H,7H2,1-3H3,(H2,13,15). The minimum Gasteiger partial charge on any atom is -0.489 e. The van der Waals surface area contributed by atoms with E-state index in [2.05, 4.69) is 5.32 Å². The lowest BCUT2D eigenvalue weighted by molar-refractivity contribution is 0.0994. The SMILES string of the molecule is CNCC(C)Oc1cc(C)ccc1C(N)=O. The number of aryl methyl sites for hydroxylation is 1. The number of primary amides is 1. The third-order valence-corrected chi connectivity index (χ3v) is 2.22. The molecule has 1 atom stereocenters. The molecule has 0 saturated carbocycles. The summed E-state index contributed by atoms with van der Waals surface area (Å²) in [6.45, 7) is 4.59. The molecule has 1 unspecified atom stereocenters. The van der Waals surface area contributed by atoms with E-state index < -0.39 is 5.91 Å². The van der Waals surface area contributed by atoms with E-state index in [9.17, 15) is 4.79 Å². The number of nitrogens with two attached hydrogens (primary N) is 1. The molecule has 0 aliphatic carbocycles. The zero-order valence-corrected chi connectivity index (χ0v) is 9.91. The molecule has 1 amide bonds. The number of amides is 1. The highest BCUT2D eigenvalue weighted by Gasteiger charge is 2.12. The first kappa shape index (κ1) is 12.5. The number of hydrogen-bond donors (Lipinski definition) is 2. The van der Waals surface area contributed by atoms with Crippen LogP contribution < -0.4 is 15.8 Å². The fraction of sp³-hybridized carbons (Fsp3) is 0.417. The molecule has 16 heavy (non-hydrogen) atoms. The van der Waals surface area contributed by atoms with Crippen LogP contribution in [-0.4, -0.2) is 25.6 Å². The van der Waals surface area contributed by atoms with Gasteiger partial charge in [-0.05, 0) is 38.6 Å². The maximum atomic E-state index is 11.2. The maximum absolute atomic E-state index is 11.2. The summed E-state index contributed by atoms with van der Waals surface area (Å²) >= 11 is 0. The molecule has 0 radical (unpaired) electrons. The number of nitrogens with one attached hydrogen (secondary N) is 1. The van der Waals surface area contributed by atoms with Crippen LogP contribution in [-0.2, 0) is 0 Å². The summed E-state index contributed by atoms with van der Waals surface area (Å²) in [5.41, 5.74) is 6.74. The Morgan fingerprint density at radius 2 is 2.25 bits per heavy atom. The van der Waals surface area contributed by atoms with Gasteiger partial charge >= 0.3 is 0 Å². The molecule has 0 saturated heterocycles. The smallest absolute Gasteiger partial charge is 0.252 e. The van der Waals surface area contributed by atoms with Gasteiger partial charge in [0, 0.05) is 6.54 Å². The van der Waals surface area contributed by atoms with Crippen molar-refractivity contribution in [3.05, 3.63) is 29.3 Å². The van der Waals surface area contributed by atoms with Gasteiger partial charge in [-0.25, -0.2) is 0 Å². The van der Waals surface area contributed by atoms with Crippen molar-refractivity contribution >= 4 is 5.91 Å². The van der Waals surface area contributed by atoms with Gasteiger partial charge in [0.15, 0.2) is 0 Å². The molecule has 4 heteroatoms. The molecule has 0 fully saturated rings. The second-order valence-electron chi connectivity index (χ2n) is 3.85. The minimum absolute atomic E-state index is 0.00935. The Bertz CT molecular complexity index is 377. The number of carbonyl (C=O) groups excluding carboxylic acids is 1. The molecule has 1 aromatic carbocycles. The van der Waals surface area contributed by atoms with Crippen LogP contribution in [0.4, 0.5) is 0 Å². The molecule has 0 aromatic heterocycles. The second-order valence-corrected chi connectivity index (χ2v) is 3.85. The molecule has 4 nitrogen and oxygen atoms in total. The predicted octanol–water partition coefficient (Wildman–Crippen LogP) is 1.08. The molecule has 88 valence electrons. The minimum atomic E-state index is -0.466. The number of ether oxygens (including phenoxy) is 1. The fourth-order valence-electron chi connectivity index (χ4n) is 1.48. The Hall–Kier alpha value is -1.55. The van der Waals surface area contributed by atoms with Gasteiger partial charge in [0.25, 0.3) is 5.91 Å². The van der Waals surface area contributed by atoms with E-state index in [4.69, 9.17) is 10.5 Å². The average molecular weight is 222 g/mol. The van der Waals surface area contributed by atoms with Crippen molar-refractivity contribution in [1.29, 1.82) is 0 Å². The summed E-state index contributed by atoms with van der Waals surface area (Å²) in [6, 6.07) is 5.36. The quantitative estimate of drug-likeness (QED) is 0.783. The lowest BCUT2D eigenvalue weighted by atomic mass is 10.1. The van der Waals surface area contributed by atoms with Gasteiger partial charge in [0.2, 0.25) is 0 Å². The van der Waals surface area contributed by atoms with Gasteiger partial charge in [0.1, 0.15) is 11.9 Å². The number of carbonyl (C=O) groups is 1. The fourth-order valence-corrected chi connectivity index (χ4v) is 1.48. The molecule has 0 aliphatic heterocycles. The van der Waals surface area contributed by atoms with Crippen LogP contribution in [0, 0.1) is 6.92 Å². The number of hydrogen-bond acceptors (Lipinski definition) is 3. The van der Waals surface area contributed by atoms with E-state index in [0.717, 1.165) is 5.56 Å². The van der Waals surface area contributed by atoms with Crippen molar-refractivity contribution < 1.29 is 9.53 Å². The van der Waals surface area contributed by atoms with Crippen LogP contribution in [0.3, 0.4) is 0 Å². The van der Waals surface area contributed by atoms with Crippen LogP contribution in [0.5, 0.6) is 5.75 Å². The largest absolute Gasteiger partial charge is 0.489 e. The van der Waals surface area contributed by atoms with Gasteiger partial charge < -0.3 is 15.8 Å². The van der Waals surface area contributed by atoms with E-state index in [1.807, 2.05) is 33.0 Å². The number of rotatable bonds is 5. The van der Waals surface area contributed by atoms with Crippen LogP contribution in [0.2, 0.25) is 0 Å². The third kappa shape index (κ3) is 3.24. The highest BCUT2D eigenvalue weighted by Crippen LogP contribution is 2.20. The van der Waals surface area contributed by atoms with Crippen LogP contribution >= 0.6 is 0 Å². The van der Waals surface area contributed by atoms with Gasteiger partial charge in [0.05, 0.1) is 5.56 Å². The van der Waals surface area contributed by atoms with E-state index in [-0.39, 0.29) is 6.10 Å². The van der Waals surface area contributed by atoms with E-state index in [1.54, 1.807) is 6.07 Å². The molecular weight excluding hydrogens is 204 g/mol. The normalized spacial score (nSPS) is 12.2. The molecule has 0 aliphatic rings. The van der Waals surface area contributed by atoms with Crippen molar-refractivity contribution in [3.8, 4) is 5.75 Å². The van der Waals surface area contributed by atoms with Gasteiger partial charge in [-0.1, -0.05) is 6.07 Å². The summed E-state index contributed by atoms with van der Waals surface area (Å²) in [6.07, 6.45) is -0.00935. The molecule has 1 aromatic rings. The molecule has 0 heterocycles. The number of benzene rings is 1. The van der Waals surface area contributed by atoms with E-state index in [0.29, 0.717) is 17.9 Å². The molecule has 3 N–H and O–H groups in total. The van der Waals surface area contributed by atoms with Gasteiger partial charge in [-0.3, -0.25) is 4.79 Å². The van der Waals surface area contributed by atoms with Crippen molar-refractivity contribution in [2.45, 2.75) is 20.0 Å². The van der Waals surface area contributed by atoms with E-state index >= 15 is 0 Å². The average Bonchev–Trinajstić information content (AvgIpc) is 2.17. The Labute approximate surface area is 95.8 Å². The van der Waals surface area contributed by atoms with Crippen molar-refractivity contribution in [2.24, 2.45) is 5.73 Å². The predicted molar refractivity (Wildman–Crippen MR) is 63.7 cm³/mol. The molecule has 0 spiro atoms. The molecule has 1 rings (SSSR count). The third-order valence-electron chi connectivity index (χ3n) is 2.22. The summed E-state index contributed by atoms with van der Waals surface area (Å²) in [4.78, 5) is 11.2. The highest BCUT2D eigenvalue weighted by atomic mass is 16.5. The van der Waals surface area contributed by atoms with Crippen molar-refractivity contribution in [3.63, 3.8) is 0 Å². The van der Waals surface area contributed by atoms with Crippen molar-refractivity contribution in [1.82, 2.24) is 5.32 Å². The first-order valence-electron chi connectivity index (χ1n) is 5.26. The van der Waals surface area contributed by atoms with Crippen LogP contribution in [0.25, 0.3) is 0 Å². The van der Waals surface area contributed by atoms with Crippen LogP contribution in [0.15, 0.2) is 18.2 Å². The highest BCUT2D eigenvalue weighted by molar-refractivity contribution is 5.95. The second kappa shape index (κ2) is 5.51. The topological polar surface area (TPSA) is 64.3 Å². The molecular formula is C12H18N2O2. The summed E-state index contributed by atoms with van der Waals surface area (Å²) in [7, 11) is 1.85. The van der Waals surface area contributed by atoms with E-state index in [1.165, 1.54) is 0 Å².